The van der Waals surface area contributed by atoms with Crippen LogP contribution in [0.2, 0.25) is 156 Å². The van der Waals surface area contributed by atoms with Gasteiger partial charge >= 0.3 is 25.7 Å². The Kier molecular flexibility index (Phi) is 46.2. The van der Waals surface area contributed by atoms with Crippen LogP contribution in [0.5, 0.6) is 0 Å². The fourth-order valence-corrected chi connectivity index (χ4v) is 47.3. The smallest absolute Gasteiger partial charge is 0.311 e. The van der Waals surface area contributed by atoms with Gasteiger partial charge in [-0.25, -0.2) is 0 Å². The molecule has 0 bridgehead atoms. The molecule has 0 aromatic heterocycles. The second-order valence-electron chi connectivity index (χ2n) is 24.6. The van der Waals surface area contributed by atoms with E-state index in [1.165, 1.54) is 0 Å². The SMILES string of the molecule is C.C.C.C.C.C.C=CCOCC1CO1.C[Si](C)(C)O[Si](C)(C)O[Si](C)(C)C.C[Si](C)(C)O[Si](C)(C)O[Si](C)(C)CCCOCC1CO1.C[Si](C)(CCCOCC1CO1)O[Si](C)(C)O[Si](C)(C)CCCOCC1CO1. The second kappa shape index (κ2) is 39.5. The van der Waals surface area contributed by atoms with E-state index in [-0.39, 0.29) is 44.6 Å². The highest BCUT2D eigenvalue weighted by atomic mass is 28.5. The summed E-state index contributed by atoms with van der Waals surface area (Å²) >= 11 is 0. The summed E-state index contributed by atoms with van der Waals surface area (Å²) in [6, 6.07) is 3.35. The Bertz CT molecular complexity index is 1310. The van der Waals surface area contributed by atoms with Crippen molar-refractivity contribution in [1.82, 2.24) is 0 Å². The summed E-state index contributed by atoms with van der Waals surface area (Å²) < 4.78 is 80.5. The lowest BCUT2D eigenvalue weighted by atomic mass is 10.5. The van der Waals surface area contributed by atoms with E-state index >= 15 is 0 Å². The zero-order valence-corrected chi connectivity index (χ0v) is 56.5. The molecule has 23 heteroatoms. The summed E-state index contributed by atoms with van der Waals surface area (Å²) in [5, 5.41) is 0. The van der Waals surface area contributed by atoms with E-state index < -0.39 is 75.6 Å². The first-order valence-electron chi connectivity index (χ1n) is 25.5. The Morgan fingerprint density at radius 3 is 0.757 bits per heavy atom. The van der Waals surface area contributed by atoms with Crippen LogP contribution in [0.4, 0.5) is 0 Å². The highest BCUT2D eigenvalue weighted by Gasteiger charge is 2.40. The van der Waals surface area contributed by atoms with Crippen LogP contribution < -0.4 is 0 Å². The van der Waals surface area contributed by atoms with Gasteiger partial charge in [0, 0.05) is 19.8 Å². The minimum atomic E-state index is -2.13. The van der Waals surface area contributed by atoms with E-state index in [4.69, 9.17) is 62.6 Å². The number of hydrogen-bond acceptors (Lipinski definition) is 14. The molecule has 4 heterocycles. The van der Waals surface area contributed by atoms with Crippen LogP contribution in [-0.4, -0.2) is 179 Å². The maximum atomic E-state index is 6.63. The van der Waals surface area contributed by atoms with Crippen LogP contribution in [-0.2, 0) is 62.6 Å². The Morgan fingerprint density at radius 1 is 0.351 bits per heavy atom. The summed E-state index contributed by atoms with van der Waals surface area (Å²) in [6.07, 6.45) is 6.38. The highest BCUT2D eigenvalue weighted by Crippen LogP contribution is 2.27. The molecule has 454 valence electrons. The zero-order valence-electron chi connectivity index (χ0n) is 47.5. The van der Waals surface area contributed by atoms with Crippen LogP contribution in [0, 0.1) is 0 Å². The molecule has 0 radical (unpaired) electrons. The van der Waals surface area contributed by atoms with Gasteiger partial charge in [-0.3, -0.25) is 0 Å². The Hall–Kier alpha value is 1.13. The molecule has 4 saturated heterocycles. The normalized spacial score (nSPS) is 19.1. The average Bonchev–Trinajstić information content (AvgIpc) is 3.91. The van der Waals surface area contributed by atoms with E-state index in [9.17, 15) is 0 Å². The molecule has 4 rings (SSSR count). The fourth-order valence-electron chi connectivity index (χ4n) is 7.81. The molecule has 4 aliphatic rings. The van der Waals surface area contributed by atoms with E-state index in [1.54, 1.807) is 6.08 Å². The lowest BCUT2D eigenvalue weighted by molar-refractivity contribution is 0.116. The molecule has 4 unspecified atom stereocenters. The van der Waals surface area contributed by atoms with Crippen molar-refractivity contribution in [1.29, 1.82) is 0 Å². The van der Waals surface area contributed by atoms with E-state index in [1.807, 2.05) is 0 Å². The standard InChI is InChI=1S/C18H40O6Si3.C13H32O4Si3.C8H24O2Si3.C6H10O2.6CH4/c1-25(2,11-7-9-19-13-17-15-21-17)23-27(5,6)24-26(3,4)12-8-10-20-14-18-16-22-18;1-18(2,3)16-20(6,7)17-19(4,5)10-8-9-14-11-13-12-15-13;1-11(2,3)9-13(7,8)10-12(4,5)6;1-2-3-7-4-6-5-8-6;;;;;;/h17-18H,7-16H2,1-6H3;13H,8-12H2,1-7H3;1-8H3;2,6H,1,3-5H2;6*1H4. The van der Waals surface area contributed by atoms with Crippen molar-refractivity contribution in [3.8, 4) is 0 Å². The van der Waals surface area contributed by atoms with Crippen LogP contribution in [0.1, 0.15) is 63.8 Å². The van der Waals surface area contributed by atoms with Gasteiger partial charge in [-0.1, -0.05) is 50.6 Å². The third kappa shape index (κ3) is 57.8. The molecule has 0 spiro atoms. The third-order valence-electron chi connectivity index (χ3n) is 9.48. The van der Waals surface area contributed by atoms with Crippen molar-refractivity contribution in [2.24, 2.45) is 0 Å². The van der Waals surface area contributed by atoms with E-state index in [0.29, 0.717) is 31.0 Å². The summed E-state index contributed by atoms with van der Waals surface area (Å²) in [7, 11) is -15.5. The predicted molar refractivity (Wildman–Crippen MR) is 343 cm³/mol. The first-order valence-corrected chi connectivity index (χ1v) is 53.5. The minimum Gasteiger partial charge on any atom is -0.437 e. The van der Waals surface area contributed by atoms with Crippen molar-refractivity contribution in [2.75, 3.05) is 79.3 Å². The number of epoxide rings is 4. The summed E-state index contributed by atoms with van der Waals surface area (Å²) in [4.78, 5) is 0. The minimum absolute atomic E-state index is 0. The van der Waals surface area contributed by atoms with Gasteiger partial charge in [0.15, 0.2) is 49.9 Å². The molecule has 4 aliphatic heterocycles. The predicted octanol–water partition coefficient (Wildman–Crippen LogP) is 15.1. The fraction of sp³-hybridized carbons (Fsp3) is 0.961. The van der Waals surface area contributed by atoms with E-state index in [2.05, 4.69) is 144 Å². The molecule has 0 saturated carbocycles. The highest BCUT2D eigenvalue weighted by molar-refractivity contribution is 6.89. The van der Waals surface area contributed by atoms with Gasteiger partial charge in [0.05, 0.1) is 59.5 Å². The lowest BCUT2D eigenvalue weighted by Crippen LogP contribution is -2.52. The maximum absolute atomic E-state index is 6.63. The molecule has 14 nitrogen and oxygen atoms in total. The van der Waals surface area contributed by atoms with Gasteiger partial charge < -0.3 is 62.6 Å². The van der Waals surface area contributed by atoms with Crippen LogP contribution in [0.25, 0.3) is 0 Å². The molecule has 4 fully saturated rings. The quantitative estimate of drug-likeness (QED) is 0.0261. The number of hydrogen-bond donors (Lipinski definition) is 0. The molecule has 74 heavy (non-hydrogen) atoms. The van der Waals surface area contributed by atoms with Crippen LogP contribution >= 0.6 is 0 Å². The summed E-state index contributed by atoms with van der Waals surface area (Å²) in [5.41, 5.74) is 0. The van der Waals surface area contributed by atoms with Gasteiger partial charge in [-0.2, -0.15) is 0 Å². The van der Waals surface area contributed by atoms with Crippen LogP contribution in [0.3, 0.4) is 0 Å². The molecular weight excluding hydrogens is 1090 g/mol. The molecular formula is C51H130O14Si9. The molecule has 4 atom stereocenters. The monoisotopic (exact) mass is 1220 g/mol. The zero-order chi connectivity index (χ0) is 52.1. The Balaban J connectivity index is -0.000000218. The number of ether oxygens (including phenoxy) is 8. The Labute approximate surface area is 471 Å². The Morgan fingerprint density at radius 2 is 0.554 bits per heavy atom. The molecule has 0 N–H and O–H groups in total. The van der Waals surface area contributed by atoms with Gasteiger partial charge in [-0.15, -0.1) is 6.58 Å². The van der Waals surface area contributed by atoms with Crippen molar-refractivity contribution in [2.45, 2.75) is 244 Å². The third-order valence-corrected chi connectivity index (χ3v) is 39.9. The maximum Gasteiger partial charge on any atom is 0.311 e. The average molecular weight is 1220 g/mol. The topological polar surface area (TPSA) is 142 Å². The van der Waals surface area contributed by atoms with Gasteiger partial charge in [0.2, 0.25) is 0 Å². The first-order chi connectivity index (χ1) is 30.9. The molecule has 0 amide bonds. The number of rotatable bonds is 34. The van der Waals surface area contributed by atoms with Gasteiger partial charge in [0.25, 0.3) is 0 Å². The van der Waals surface area contributed by atoms with Gasteiger partial charge in [-0.05, 0) is 175 Å². The lowest BCUT2D eigenvalue weighted by Gasteiger charge is -2.38. The van der Waals surface area contributed by atoms with Crippen molar-refractivity contribution in [3.63, 3.8) is 0 Å². The van der Waals surface area contributed by atoms with Crippen molar-refractivity contribution < 1.29 is 62.6 Å². The first kappa shape index (κ1) is 86.4. The summed E-state index contributed by atoms with van der Waals surface area (Å²) in [6.45, 7) is 59.9. The van der Waals surface area contributed by atoms with Crippen molar-refractivity contribution in [3.05, 3.63) is 12.7 Å². The molecule has 0 aromatic rings. The van der Waals surface area contributed by atoms with Crippen molar-refractivity contribution >= 4 is 75.6 Å². The van der Waals surface area contributed by atoms with Crippen LogP contribution in [0.15, 0.2) is 12.7 Å². The van der Waals surface area contributed by atoms with Gasteiger partial charge in [0.1, 0.15) is 24.4 Å². The van der Waals surface area contributed by atoms with E-state index in [0.717, 1.165) is 110 Å². The summed E-state index contributed by atoms with van der Waals surface area (Å²) in [5.74, 6) is 0. The second-order valence-corrected chi connectivity index (χ2v) is 62.6. The molecule has 0 aliphatic carbocycles. The molecule has 0 aromatic carbocycles. The largest absolute Gasteiger partial charge is 0.437 e.